The number of para-hydroxylation sites is 1. The Kier molecular flexibility index (Phi) is 8.52. The van der Waals surface area contributed by atoms with Crippen molar-refractivity contribution in [3.63, 3.8) is 0 Å². The minimum absolute atomic E-state index is 0.0818. The molecule has 0 atom stereocenters. The van der Waals surface area contributed by atoms with E-state index < -0.39 is 17.6 Å². The molecule has 2 N–H and O–H groups in total. The fourth-order valence-electron chi connectivity index (χ4n) is 3.89. The zero-order chi connectivity index (χ0) is 25.5. The maximum atomic E-state index is 12.6. The number of carbonyl (C=O) groups excluding carboxylic acids is 2. The van der Waals surface area contributed by atoms with Crippen LogP contribution >= 0.6 is 23.2 Å². The van der Waals surface area contributed by atoms with Gasteiger partial charge in [0, 0.05) is 13.1 Å². The number of amides is 2. The van der Waals surface area contributed by atoms with Crippen molar-refractivity contribution >= 4 is 35.0 Å². The monoisotopic (exact) mass is 524 g/mol. The number of aliphatic hydroxyl groups is 1. The van der Waals surface area contributed by atoms with Crippen LogP contribution < -0.4 is 10.1 Å². The molecule has 1 heterocycles. The molecule has 0 aliphatic carbocycles. The predicted octanol–water partition coefficient (Wildman–Crippen LogP) is 5.73. The summed E-state index contributed by atoms with van der Waals surface area (Å²) in [5.74, 6) is 0.0396. The third kappa shape index (κ3) is 6.59. The van der Waals surface area contributed by atoms with Crippen LogP contribution in [0, 0.1) is 0 Å². The largest absolute Gasteiger partial charge is 0.503 e. The van der Waals surface area contributed by atoms with Crippen molar-refractivity contribution in [2.75, 3.05) is 19.6 Å². The van der Waals surface area contributed by atoms with Crippen LogP contribution in [-0.4, -0.2) is 41.5 Å². The molecule has 36 heavy (non-hydrogen) atoms. The van der Waals surface area contributed by atoms with Gasteiger partial charge in [0.15, 0.2) is 5.76 Å². The fraction of sp³-hybridized carbons (Fsp3) is 0.214. The lowest BCUT2D eigenvalue weighted by molar-refractivity contribution is -0.127. The predicted molar refractivity (Wildman–Crippen MR) is 141 cm³/mol. The summed E-state index contributed by atoms with van der Waals surface area (Å²) in [6.07, 6.45) is 1.98. The van der Waals surface area contributed by atoms with Crippen molar-refractivity contribution in [3.05, 3.63) is 105 Å². The van der Waals surface area contributed by atoms with Gasteiger partial charge in [0.2, 0.25) is 0 Å². The number of benzene rings is 3. The van der Waals surface area contributed by atoms with Crippen LogP contribution in [0.3, 0.4) is 0 Å². The minimum atomic E-state index is -0.528. The second-order valence-electron chi connectivity index (χ2n) is 8.47. The van der Waals surface area contributed by atoms with Crippen LogP contribution in [0.4, 0.5) is 0 Å². The first kappa shape index (κ1) is 25.6. The van der Waals surface area contributed by atoms with E-state index in [0.717, 1.165) is 22.6 Å². The van der Waals surface area contributed by atoms with Crippen molar-refractivity contribution in [3.8, 4) is 11.5 Å². The van der Waals surface area contributed by atoms with Crippen LogP contribution in [0.2, 0.25) is 10.0 Å². The highest BCUT2D eigenvalue weighted by molar-refractivity contribution is 6.42. The Morgan fingerprint density at radius 3 is 2.33 bits per heavy atom. The van der Waals surface area contributed by atoms with E-state index in [0.29, 0.717) is 42.4 Å². The molecule has 8 heteroatoms. The molecule has 2 amide bonds. The summed E-state index contributed by atoms with van der Waals surface area (Å²) in [5.41, 5.74) is 2.13. The van der Waals surface area contributed by atoms with E-state index in [-0.39, 0.29) is 12.1 Å². The van der Waals surface area contributed by atoms with Crippen molar-refractivity contribution in [1.82, 2.24) is 10.2 Å². The molecule has 0 saturated carbocycles. The zero-order valence-corrected chi connectivity index (χ0v) is 21.1. The summed E-state index contributed by atoms with van der Waals surface area (Å²) in [6.45, 7) is 0.871. The van der Waals surface area contributed by atoms with Crippen LogP contribution in [0.25, 0.3) is 0 Å². The van der Waals surface area contributed by atoms with E-state index in [1.165, 1.54) is 4.90 Å². The molecule has 0 fully saturated rings. The van der Waals surface area contributed by atoms with E-state index in [1.807, 2.05) is 60.7 Å². The van der Waals surface area contributed by atoms with Crippen LogP contribution in [-0.2, 0) is 22.4 Å². The molecule has 0 radical (unpaired) electrons. The molecule has 4 rings (SSSR count). The highest BCUT2D eigenvalue weighted by Crippen LogP contribution is 2.24. The minimum Gasteiger partial charge on any atom is -0.503 e. The van der Waals surface area contributed by atoms with Gasteiger partial charge in [-0.2, -0.15) is 0 Å². The smallest absolute Gasteiger partial charge is 0.289 e. The summed E-state index contributed by atoms with van der Waals surface area (Å²) in [7, 11) is 0. The van der Waals surface area contributed by atoms with Crippen LogP contribution in [0.1, 0.15) is 17.5 Å². The van der Waals surface area contributed by atoms with Gasteiger partial charge in [-0.25, -0.2) is 0 Å². The number of hydrogen-bond acceptors (Lipinski definition) is 4. The lowest BCUT2D eigenvalue weighted by Gasteiger charge is -2.16. The lowest BCUT2D eigenvalue weighted by atomic mass is 10.1. The highest BCUT2D eigenvalue weighted by atomic mass is 35.5. The van der Waals surface area contributed by atoms with E-state index >= 15 is 0 Å². The molecule has 3 aromatic carbocycles. The summed E-state index contributed by atoms with van der Waals surface area (Å²) < 4.78 is 5.80. The average molecular weight is 525 g/mol. The molecule has 186 valence electrons. The van der Waals surface area contributed by atoms with Crippen molar-refractivity contribution in [2.24, 2.45) is 0 Å². The number of hydrogen-bond donors (Lipinski definition) is 2. The topological polar surface area (TPSA) is 78.9 Å². The zero-order valence-electron chi connectivity index (χ0n) is 19.5. The Balaban J connectivity index is 1.22. The van der Waals surface area contributed by atoms with Gasteiger partial charge in [0.25, 0.3) is 11.8 Å². The number of rotatable bonds is 10. The second kappa shape index (κ2) is 12.0. The highest BCUT2D eigenvalue weighted by Gasteiger charge is 2.33. The van der Waals surface area contributed by atoms with Crippen molar-refractivity contribution in [1.29, 1.82) is 0 Å². The first-order valence-corrected chi connectivity index (χ1v) is 12.4. The van der Waals surface area contributed by atoms with Gasteiger partial charge in [0.05, 0.1) is 22.2 Å². The Hall–Kier alpha value is -3.48. The lowest BCUT2D eigenvalue weighted by Crippen LogP contribution is -2.32. The quantitative estimate of drug-likeness (QED) is 0.332. The third-order valence-corrected chi connectivity index (χ3v) is 6.62. The third-order valence-electron chi connectivity index (χ3n) is 5.88. The van der Waals surface area contributed by atoms with E-state index in [2.05, 4.69) is 5.32 Å². The van der Waals surface area contributed by atoms with Crippen LogP contribution in [0.5, 0.6) is 11.5 Å². The molecule has 0 aromatic heterocycles. The Morgan fingerprint density at radius 2 is 1.61 bits per heavy atom. The standard InChI is InChI=1S/C28H26Cl2N2O4/c29-24-13-10-20(17-25(24)30)5-4-15-31-27(34)23-18-32(28(35)26(23)33)16-14-19-8-11-22(12-9-19)36-21-6-2-1-3-7-21/h1-3,6-13,17,33H,4-5,14-16,18H2,(H,31,34). The number of carbonyl (C=O) groups is 2. The number of nitrogens with one attached hydrogen (secondary N) is 1. The van der Waals surface area contributed by atoms with Gasteiger partial charge in [-0.05, 0) is 66.8 Å². The molecule has 1 aliphatic rings. The Labute approximate surface area is 220 Å². The fourth-order valence-corrected chi connectivity index (χ4v) is 4.21. The van der Waals surface area contributed by atoms with E-state index in [4.69, 9.17) is 27.9 Å². The van der Waals surface area contributed by atoms with Gasteiger partial charge in [0.1, 0.15) is 11.5 Å². The van der Waals surface area contributed by atoms with Crippen molar-refractivity contribution < 1.29 is 19.4 Å². The molecule has 0 unspecified atom stereocenters. The van der Waals surface area contributed by atoms with Gasteiger partial charge in [-0.3, -0.25) is 9.59 Å². The number of ether oxygens (including phenoxy) is 1. The molecular formula is C28H26Cl2N2O4. The molecule has 3 aromatic rings. The van der Waals surface area contributed by atoms with Crippen molar-refractivity contribution in [2.45, 2.75) is 19.3 Å². The normalized spacial score (nSPS) is 13.3. The molecule has 6 nitrogen and oxygen atoms in total. The van der Waals surface area contributed by atoms with Gasteiger partial charge >= 0.3 is 0 Å². The Morgan fingerprint density at radius 1 is 0.917 bits per heavy atom. The SMILES string of the molecule is O=C(NCCCc1ccc(Cl)c(Cl)c1)C1=C(O)C(=O)N(CCc2ccc(Oc3ccccc3)cc2)C1. The number of nitrogens with zero attached hydrogens (tertiary/aromatic N) is 1. The number of aryl methyl sites for hydroxylation is 1. The Bertz CT molecular complexity index is 1260. The summed E-state index contributed by atoms with van der Waals surface area (Å²) in [5, 5.41) is 14.0. The maximum Gasteiger partial charge on any atom is 0.289 e. The van der Waals surface area contributed by atoms with E-state index in [9.17, 15) is 14.7 Å². The molecule has 0 saturated heterocycles. The summed E-state index contributed by atoms with van der Waals surface area (Å²) >= 11 is 12.0. The van der Waals surface area contributed by atoms with Gasteiger partial charge < -0.3 is 20.1 Å². The summed E-state index contributed by atoms with van der Waals surface area (Å²) in [6, 6.07) is 22.6. The van der Waals surface area contributed by atoms with Gasteiger partial charge in [-0.1, -0.05) is 59.6 Å². The van der Waals surface area contributed by atoms with Gasteiger partial charge in [-0.15, -0.1) is 0 Å². The molecule has 1 aliphatic heterocycles. The molecule has 0 bridgehead atoms. The molecular weight excluding hydrogens is 499 g/mol. The summed E-state index contributed by atoms with van der Waals surface area (Å²) in [4.78, 5) is 26.5. The first-order chi connectivity index (χ1) is 17.4. The van der Waals surface area contributed by atoms with Crippen LogP contribution in [0.15, 0.2) is 84.1 Å². The maximum absolute atomic E-state index is 12.6. The second-order valence-corrected chi connectivity index (χ2v) is 9.29. The average Bonchev–Trinajstić information content (AvgIpc) is 3.17. The number of halogens is 2. The molecule has 0 spiro atoms. The first-order valence-electron chi connectivity index (χ1n) is 11.7. The number of aliphatic hydroxyl groups excluding tert-OH is 1. The van der Waals surface area contributed by atoms with E-state index in [1.54, 1.807) is 12.1 Å².